The lowest BCUT2D eigenvalue weighted by molar-refractivity contribution is -0.121. The van der Waals surface area contributed by atoms with Crippen LogP contribution in [-0.4, -0.2) is 28.7 Å². The van der Waals surface area contributed by atoms with Crippen LogP contribution in [0, 0.1) is 6.92 Å². The molecule has 0 aliphatic carbocycles. The van der Waals surface area contributed by atoms with Crippen molar-refractivity contribution in [2.24, 2.45) is 0 Å². The van der Waals surface area contributed by atoms with Crippen LogP contribution in [-0.2, 0) is 4.79 Å². The van der Waals surface area contributed by atoms with Gasteiger partial charge in [0.25, 0.3) is 0 Å². The minimum Gasteiger partial charge on any atom is -0.355 e. The van der Waals surface area contributed by atoms with Crippen LogP contribution in [0.25, 0.3) is 0 Å². The molecule has 1 amide bonds. The number of hydrogen-bond acceptors (Lipinski definition) is 5. The highest BCUT2D eigenvalue weighted by molar-refractivity contribution is 7.15. The summed E-state index contributed by atoms with van der Waals surface area (Å²) >= 11 is 1.44. The third-order valence-electron chi connectivity index (χ3n) is 1.61. The fraction of sp³-hybridized carbons (Fsp3) is 0.625. The van der Waals surface area contributed by atoms with Gasteiger partial charge in [0.2, 0.25) is 11.0 Å². The molecule has 6 heteroatoms. The lowest BCUT2D eigenvalue weighted by Crippen LogP contribution is -2.37. The van der Waals surface area contributed by atoms with E-state index in [1.807, 2.05) is 13.8 Å². The Balaban J connectivity index is 2.48. The predicted octanol–water partition coefficient (Wildman–Crippen LogP) is 0.783. The second kappa shape index (κ2) is 4.90. The van der Waals surface area contributed by atoms with E-state index in [1.165, 1.54) is 11.3 Å². The van der Waals surface area contributed by atoms with E-state index in [0.29, 0.717) is 11.7 Å². The molecule has 0 aromatic carbocycles. The van der Waals surface area contributed by atoms with E-state index in [1.54, 1.807) is 6.92 Å². The summed E-state index contributed by atoms with van der Waals surface area (Å²) in [4.78, 5) is 11.3. The highest BCUT2D eigenvalue weighted by Crippen LogP contribution is 2.14. The number of likely N-dealkylation sites (N-methyl/N-ethyl adjacent to an activating group) is 1. The first kappa shape index (κ1) is 10.9. The Bertz CT molecular complexity index is 312. The molecule has 1 atom stereocenters. The summed E-state index contributed by atoms with van der Waals surface area (Å²) in [7, 11) is 0. The molecule has 1 heterocycles. The summed E-state index contributed by atoms with van der Waals surface area (Å²) in [6.45, 7) is 6.20. The molecule has 1 aromatic heterocycles. The molecule has 14 heavy (non-hydrogen) atoms. The molecule has 78 valence electrons. The molecule has 1 aromatic rings. The van der Waals surface area contributed by atoms with E-state index in [2.05, 4.69) is 20.8 Å². The summed E-state index contributed by atoms with van der Waals surface area (Å²) in [5.41, 5.74) is 0. The summed E-state index contributed by atoms with van der Waals surface area (Å²) in [5.74, 6) is -0.0275. The van der Waals surface area contributed by atoms with E-state index >= 15 is 0 Å². The third-order valence-corrected chi connectivity index (χ3v) is 2.38. The van der Waals surface area contributed by atoms with Crippen LogP contribution in [0.15, 0.2) is 0 Å². The average molecular weight is 214 g/mol. The molecular formula is C8H14N4OS. The van der Waals surface area contributed by atoms with Gasteiger partial charge in [-0.2, -0.15) is 0 Å². The van der Waals surface area contributed by atoms with Crippen LogP contribution in [0.2, 0.25) is 0 Å². The van der Waals surface area contributed by atoms with Gasteiger partial charge in [0.1, 0.15) is 11.0 Å². The predicted molar refractivity (Wildman–Crippen MR) is 56.4 cm³/mol. The van der Waals surface area contributed by atoms with Crippen molar-refractivity contribution >= 4 is 22.4 Å². The zero-order valence-electron chi connectivity index (χ0n) is 8.50. The summed E-state index contributed by atoms with van der Waals surface area (Å²) in [6.07, 6.45) is 0. The van der Waals surface area contributed by atoms with Gasteiger partial charge in [-0.15, -0.1) is 10.2 Å². The Kier molecular flexibility index (Phi) is 3.82. The Morgan fingerprint density at radius 1 is 1.57 bits per heavy atom. The fourth-order valence-corrected chi connectivity index (χ4v) is 1.61. The van der Waals surface area contributed by atoms with Crippen molar-refractivity contribution in [2.45, 2.75) is 26.8 Å². The maximum atomic E-state index is 11.3. The number of hydrogen-bond donors (Lipinski definition) is 2. The van der Waals surface area contributed by atoms with Crippen molar-refractivity contribution in [3.8, 4) is 0 Å². The Morgan fingerprint density at radius 3 is 2.79 bits per heavy atom. The largest absolute Gasteiger partial charge is 0.355 e. The lowest BCUT2D eigenvalue weighted by Gasteiger charge is -2.11. The molecule has 0 bridgehead atoms. The van der Waals surface area contributed by atoms with Crippen LogP contribution in [0.5, 0.6) is 0 Å². The maximum Gasteiger partial charge on any atom is 0.242 e. The molecule has 1 unspecified atom stereocenters. The second-order valence-electron chi connectivity index (χ2n) is 2.89. The van der Waals surface area contributed by atoms with Crippen molar-refractivity contribution in [1.82, 2.24) is 15.5 Å². The van der Waals surface area contributed by atoms with Crippen molar-refractivity contribution < 1.29 is 4.79 Å². The van der Waals surface area contributed by atoms with Gasteiger partial charge >= 0.3 is 0 Å². The van der Waals surface area contributed by atoms with Gasteiger partial charge < -0.3 is 10.6 Å². The van der Waals surface area contributed by atoms with Crippen LogP contribution < -0.4 is 10.6 Å². The highest BCUT2D eigenvalue weighted by atomic mass is 32.1. The smallest absolute Gasteiger partial charge is 0.242 e. The quantitative estimate of drug-likeness (QED) is 0.777. The number of amides is 1. The first-order chi connectivity index (χ1) is 6.63. The maximum absolute atomic E-state index is 11.3. The van der Waals surface area contributed by atoms with Gasteiger partial charge in [0, 0.05) is 6.54 Å². The number of carbonyl (C=O) groups excluding carboxylic acids is 1. The molecule has 0 fully saturated rings. The van der Waals surface area contributed by atoms with Gasteiger partial charge in [-0.1, -0.05) is 11.3 Å². The molecule has 5 nitrogen and oxygen atoms in total. The molecule has 0 saturated carbocycles. The van der Waals surface area contributed by atoms with Gasteiger partial charge in [-0.25, -0.2) is 0 Å². The second-order valence-corrected chi connectivity index (χ2v) is 4.07. The Morgan fingerprint density at radius 2 is 2.29 bits per heavy atom. The van der Waals surface area contributed by atoms with E-state index < -0.39 is 0 Å². The summed E-state index contributed by atoms with van der Waals surface area (Å²) in [6, 6.07) is -0.276. The van der Waals surface area contributed by atoms with Gasteiger partial charge in [-0.3, -0.25) is 4.79 Å². The van der Waals surface area contributed by atoms with Crippen LogP contribution >= 0.6 is 11.3 Å². The highest BCUT2D eigenvalue weighted by Gasteiger charge is 2.12. The SMILES string of the molecule is CCNC(=O)C(C)Nc1nnc(C)s1. The minimum atomic E-state index is -0.276. The molecule has 2 N–H and O–H groups in total. The Labute approximate surface area is 86.9 Å². The van der Waals surface area contributed by atoms with Crippen molar-refractivity contribution in [1.29, 1.82) is 0 Å². The summed E-state index contributed by atoms with van der Waals surface area (Å²) < 4.78 is 0. The van der Waals surface area contributed by atoms with E-state index in [-0.39, 0.29) is 11.9 Å². The zero-order chi connectivity index (χ0) is 10.6. The van der Waals surface area contributed by atoms with Crippen LogP contribution in [0.1, 0.15) is 18.9 Å². The third kappa shape index (κ3) is 2.95. The number of aromatic nitrogens is 2. The number of nitrogens with one attached hydrogen (secondary N) is 2. The molecule has 0 aliphatic rings. The molecule has 1 rings (SSSR count). The first-order valence-corrected chi connectivity index (χ1v) is 5.29. The topological polar surface area (TPSA) is 66.9 Å². The summed E-state index contributed by atoms with van der Waals surface area (Å²) in [5, 5.41) is 15.0. The van der Waals surface area contributed by atoms with Gasteiger partial charge in [-0.05, 0) is 20.8 Å². The fourth-order valence-electron chi connectivity index (χ4n) is 0.933. The Hall–Kier alpha value is -1.17. The standard InChI is InChI=1S/C8H14N4OS/c1-4-9-7(13)5(2)10-8-12-11-6(3)14-8/h5H,4H2,1-3H3,(H,9,13)(H,10,12). The number of aryl methyl sites for hydroxylation is 1. The van der Waals surface area contributed by atoms with E-state index in [0.717, 1.165) is 5.01 Å². The number of nitrogens with zero attached hydrogens (tertiary/aromatic N) is 2. The van der Waals surface area contributed by atoms with Crippen LogP contribution in [0.3, 0.4) is 0 Å². The van der Waals surface area contributed by atoms with Crippen molar-refractivity contribution in [3.05, 3.63) is 5.01 Å². The van der Waals surface area contributed by atoms with E-state index in [4.69, 9.17) is 0 Å². The monoisotopic (exact) mass is 214 g/mol. The first-order valence-electron chi connectivity index (χ1n) is 4.47. The molecular weight excluding hydrogens is 200 g/mol. The van der Waals surface area contributed by atoms with Crippen molar-refractivity contribution in [2.75, 3.05) is 11.9 Å². The lowest BCUT2D eigenvalue weighted by atomic mass is 10.3. The minimum absolute atomic E-state index is 0.0275. The number of carbonyl (C=O) groups is 1. The molecule has 0 spiro atoms. The number of anilines is 1. The molecule has 0 saturated heterocycles. The van der Waals surface area contributed by atoms with Gasteiger partial charge in [0.05, 0.1) is 0 Å². The normalized spacial score (nSPS) is 12.2. The molecule has 0 radical (unpaired) electrons. The van der Waals surface area contributed by atoms with Crippen molar-refractivity contribution in [3.63, 3.8) is 0 Å². The van der Waals surface area contributed by atoms with Gasteiger partial charge in [0.15, 0.2) is 0 Å². The number of rotatable bonds is 4. The van der Waals surface area contributed by atoms with Crippen LogP contribution in [0.4, 0.5) is 5.13 Å². The van der Waals surface area contributed by atoms with E-state index in [9.17, 15) is 4.79 Å². The average Bonchev–Trinajstić information content (AvgIpc) is 2.51. The molecule has 0 aliphatic heterocycles. The zero-order valence-corrected chi connectivity index (χ0v) is 9.31.